The third kappa shape index (κ3) is 3.71. The van der Waals surface area contributed by atoms with E-state index in [1.54, 1.807) is 6.21 Å². The smallest absolute Gasteiger partial charge is 0.210 e. The second-order valence-electron chi connectivity index (χ2n) is 5.37. The van der Waals surface area contributed by atoms with E-state index in [0.717, 1.165) is 16.0 Å². The second-order valence-corrected chi connectivity index (χ2v) is 6.22. The fourth-order valence-electron chi connectivity index (χ4n) is 2.25. The van der Waals surface area contributed by atoms with E-state index in [0.29, 0.717) is 5.76 Å². The predicted octanol–water partition coefficient (Wildman–Crippen LogP) is 5.53. The first-order valence-corrected chi connectivity index (χ1v) is 8.09. The number of nitrogens with zero attached hydrogens (tertiary/aromatic N) is 2. The Morgan fingerprint density at radius 1 is 0.957 bits per heavy atom. The fraction of sp³-hybridized carbons (Fsp3) is 0.105. The van der Waals surface area contributed by atoms with Crippen molar-refractivity contribution in [3.05, 3.63) is 70.9 Å². The molecule has 0 fully saturated rings. The monoisotopic (exact) mass is 368 g/mol. The number of aliphatic imine (C=N–C) groups is 1. The third-order valence-corrected chi connectivity index (χ3v) is 3.98. The van der Waals surface area contributed by atoms with E-state index in [9.17, 15) is 0 Å². The molecule has 0 radical (unpaired) electrons. The molecule has 0 aliphatic heterocycles. The van der Waals surface area contributed by atoms with Crippen molar-refractivity contribution in [1.29, 1.82) is 0 Å². The fourth-order valence-corrected chi connectivity index (χ4v) is 2.91. The molecule has 0 amide bonds. The lowest BCUT2D eigenvalue weighted by molar-refractivity contribution is 0.557. The molecule has 0 saturated heterocycles. The molecule has 0 saturated carbocycles. The summed E-state index contributed by atoms with van der Waals surface area (Å²) in [7, 11) is 3.87. The van der Waals surface area contributed by atoms with Crippen LogP contribution in [0.4, 0.5) is 11.6 Å². The number of halogens is 1. The van der Waals surface area contributed by atoms with Gasteiger partial charge in [-0.1, -0.05) is 42.5 Å². The van der Waals surface area contributed by atoms with Gasteiger partial charge in [0.1, 0.15) is 5.76 Å². The normalized spacial score (nSPS) is 11.1. The van der Waals surface area contributed by atoms with E-state index in [1.165, 1.54) is 11.1 Å². The maximum atomic E-state index is 5.72. The molecule has 116 valence electrons. The Morgan fingerprint density at radius 3 is 2.22 bits per heavy atom. The van der Waals surface area contributed by atoms with Crippen LogP contribution in [-0.4, -0.2) is 20.3 Å². The Hall–Kier alpha value is -2.33. The van der Waals surface area contributed by atoms with Gasteiger partial charge in [0.15, 0.2) is 0 Å². The van der Waals surface area contributed by atoms with E-state index < -0.39 is 0 Å². The molecule has 0 atom stereocenters. The highest BCUT2D eigenvalue weighted by atomic mass is 79.9. The molecule has 0 aliphatic rings. The molecule has 3 aromatic rings. The molecule has 0 bridgehead atoms. The number of rotatable bonds is 4. The minimum atomic E-state index is 0.715. The van der Waals surface area contributed by atoms with Gasteiger partial charge in [0.2, 0.25) is 5.88 Å². The van der Waals surface area contributed by atoms with Crippen LogP contribution in [0.2, 0.25) is 0 Å². The lowest BCUT2D eigenvalue weighted by Crippen LogP contribution is -2.07. The van der Waals surface area contributed by atoms with Gasteiger partial charge in [0.25, 0.3) is 0 Å². The molecule has 3 rings (SSSR count). The van der Waals surface area contributed by atoms with Gasteiger partial charge < -0.3 is 9.32 Å². The summed E-state index contributed by atoms with van der Waals surface area (Å²) in [5, 5.41) is 0. The van der Waals surface area contributed by atoms with Crippen LogP contribution in [0.3, 0.4) is 0 Å². The van der Waals surface area contributed by atoms with Crippen molar-refractivity contribution in [1.82, 2.24) is 0 Å². The molecule has 4 heteroatoms. The van der Waals surface area contributed by atoms with Crippen molar-refractivity contribution in [2.24, 2.45) is 4.99 Å². The maximum absolute atomic E-state index is 5.72. The molecule has 0 aliphatic carbocycles. The topological polar surface area (TPSA) is 28.7 Å². The SMILES string of the molecule is CN(C)c1oc(C=Nc2ccc(-c3ccccc3)cc2)cc1Br. The van der Waals surface area contributed by atoms with E-state index in [-0.39, 0.29) is 0 Å². The minimum Gasteiger partial charge on any atom is -0.438 e. The van der Waals surface area contributed by atoms with Crippen LogP contribution >= 0.6 is 15.9 Å². The van der Waals surface area contributed by atoms with Crippen LogP contribution in [0.1, 0.15) is 5.76 Å². The molecule has 1 aromatic heterocycles. The van der Waals surface area contributed by atoms with Gasteiger partial charge in [-0.3, -0.25) is 4.99 Å². The molecule has 3 nitrogen and oxygen atoms in total. The summed E-state index contributed by atoms with van der Waals surface area (Å²) >= 11 is 3.48. The largest absolute Gasteiger partial charge is 0.438 e. The van der Waals surface area contributed by atoms with Crippen molar-refractivity contribution < 1.29 is 4.42 Å². The van der Waals surface area contributed by atoms with Crippen LogP contribution in [0.25, 0.3) is 11.1 Å². The van der Waals surface area contributed by atoms with Crippen molar-refractivity contribution in [3.63, 3.8) is 0 Å². The van der Waals surface area contributed by atoms with Crippen molar-refractivity contribution >= 4 is 33.7 Å². The summed E-state index contributed by atoms with van der Waals surface area (Å²) in [5.41, 5.74) is 3.28. The molecule has 1 heterocycles. The van der Waals surface area contributed by atoms with Gasteiger partial charge >= 0.3 is 0 Å². The first kappa shape index (κ1) is 15.6. The average Bonchev–Trinajstić information content (AvgIpc) is 2.95. The summed E-state index contributed by atoms with van der Waals surface area (Å²) in [6.07, 6.45) is 1.73. The third-order valence-electron chi connectivity index (χ3n) is 3.41. The maximum Gasteiger partial charge on any atom is 0.210 e. The number of anilines is 1. The van der Waals surface area contributed by atoms with Crippen molar-refractivity contribution in [2.45, 2.75) is 0 Å². The standard InChI is InChI=1S/C19H17BrN2O/c1-22(2)19-18(20)12-17(23-19)13-21-16-10-8-15(9-11-16)14-6-4-3-5-7-14/h3-13H,1-2H3. The van der Waals surface area contributed by atoms with Gasteiger partial charge in [-0.15, -0.1) is 0 Å². The Labute approximate surface area is 144 Å². The van der Waals surface area contributed by atoms with E-state index in [4.69, 9.17) is 4.42 Å². The average molecular weight is 369 g/mol. The Balaban J connectivity index is 1.77. The summed E-state index contributed by atoms with van der Waals surface area (Å²) in [6, 6.07) is 20.4. The quantitative estimate of drug-likeness (QED) is 0.566. The van der Waals surface area contributed by atoms with Gasteiger partial charge in [-0.25, -0.2) is 0 Å². The molecule has 23 heavy (non-hydrogen) atoms. The zero-order valence-electron chi connectivity index (χ0n) is 13.0. The number of benzene rings is 2. The van der Waals surface area contributed by atoms with E-state index in [1.807, 2.05) is 55.4 Å². The molecular weight excluding hydrogens is 352 g/mol. The lowest BCUT2D eigenvalue weighted by atomic mass is 10.1. The number of hydrogen-bond acceptors (Lipinski definition) is 3. The first-order chi connectivity index (χ1) is 11.1. The van der Waals surface area contributed by atoms with E-state index >= 15 is 0 Å². The summed E-state index contributed by atoms with van der Waals surface area (Å²) in [5.74, 6) is 1.50. The summed E-state index contributed by atoms with van der Waals surface area (Å²) < 4.78 is 6.64. The Kier molecular flexibility index (Phi) is 4.63. The van der Waals surface area contributed by atoms with Crippen LogP contribution < -0.4 is 4.90 Å². The second kappa shape index (κ2) is 6.84. The zero-order valence-corrected chi connectivity index (χ0v) is 14.6. The van der Waals surface area contributed by atoms with Crippen molar-refractivity contribution in [3.8, 4) is 11.1 Å². The highest BCUT2D eigenvalue weighted by Crippen LogP contribution is 2.28. The molecule has 0 spiro atoms. The Bertz CT molecular complexity index is 805. The van der Waals surface area contributed by atoms with Crippen LogP contribution in [0.5, 0.6) is 0 Å². The zero-order chi connectivity index (χ0) is 16.2. The minimum absolute atomic E-state index is 0.715. The van der Waals surface area contributed by atoms with Crippen LogP contribution in [0, 0.1) is 0 Å². The van der Waals surface area contributed by atoms with E-state index in [2.05, 4.69) is 45.2 Å². The molecule has 0 unspecified atom stereocenters. The highest BCUT2D eigenvalue weighted by Gasteiger charge is 2.08. The van der Waals surface area contributed by atoms with Gasteiger partial charge in [-0.05, 0) is 39.2 Å². The highest BCUT2D eigenvalue weighted by molar-refractivity contribution is 9.10. The molecule has 2 aromatic carbocycles. The van der Waals surface area contributed by atoms with Gasteiger partial charge in [0.05, 0.1) is 16.4 Å². The van der Waals surface area contributed by atoms with Crippen LogP contribution in [0.15, 0.2) is 74.5 Å². The van der Waals surface area contributed by atoms with Crippen molar-refractivity contribution in [2.75, 3.05) is 19.0 Å². The summed E-state index contributed by atoms with van der Waals surface area (Å²) in [4.78, 5) is 6.38. The molecular formula is C19H17BrN2O. The lowest BCUT2D eigenvalue weighted by Gasteiger charge is -2.07. The van der Waals surface area contributed by atoms with Crippen LogP contribution in [-0.2, 0) is 0 Å². The number of furan rings is 1. The van der Waals surface area contributed by atoms with Gasteiger partial charge in [0, 0.05) is 20.2 Å². The Morgan fingerprint density at radius 2 is 1.61 bits per heavy atom. The number of hydrogen-bond donors (Lipinski definition) is 0. The first-order valence-electron chi connectivity index (χ1n) is 7.30. The predicted molar refractivity (Wildman–Crippen MR) is 99.9 cm³/mol. The summed E-state index contributed by atoms with van der Waals surface area (Å²) in [6.45, 7) is 0. The van der Waals surface area contributed by atoms with Gasteiger partial charge in [-0.2, -0.15) is 0 Å². The molecule has 0 N–H and O–H groups in total.